The Morgan fingerprint density at radius 1 is 1.05 bits per heavy atom. The fourth-order valence-corrected chi connectivity index (χ4v) is 1.33. The number of nitrogens with two attached hydrogens (primary N) is 1. The fraction of sp³-hybridized carbons (Fsp3) is 0.167. The van der Waals surface area contributed by atoms with Gasteiger partial charge in [-0.05, 0) is 12.1 Å². The minimum absolute atomic E-state index is 0.0477. The van der Waals surface area contributed by atoms with Gasteiger partial charge in [0.15, 0.2) is 5.75 Å². The lowest BCUT2D eigenvalue weighted by molar-refractivity contribution is 0.348. The maximum Gasteiger partial charge on any atom is 0.328 e. The highest BCUT2D eigenvalue weighted by Crippen LogP contribution is 2.28. The predicted molar refractivity (Wildman–Crippen MR) is 66.0 cm³/mol. The molecule has 0 spiro atoms. The molecule has 0 radical (unpaired) electrons. The van der Waals surface area contributed by atoms with Crippen molar-refractivity contribution < 1.29 is 18.6 Å². The first-order valence-corrected chi connectivity index (χ1v) is 5.32. The van der Waals surface area contributed by atoms with Gasteiger partial charge in [-0.1, -0.05) is 0 Å². The van der Waals surface area contributed by atoms with Gasteiger partial charge in [0.25, 0.3) is 0 Å². The van der Waals surface area contributed by atoms with Crippen molar-refractivity contribution in [2.75, 3.05) is 20.0 Å². The lowest BCUT2D eigenvalue weighted by Gasteiger charge is -2.09. The third-order valence-electron chi connectivity index (χ3n) is 2.25. The summed E-state index contributed by atoms with van der Waals surface area (Å²) in [6, 6.07) is 5.21. The molecule has 1 aromatic carbocycles. The molecule has 1 aromatic heterocycles. The number of halogens is 1. The maximum atomic E-state index is 13.1. The normalized spacial score (nSPS) is 10.1. The van der Waals surface area contributed by atoms with Gasteiger partial charge in [0, 0.05) is 6.07 Å². The fourth-order valence-electron chi connectivity index (χ4n) is 1.33. The minimum Gasteiger partial charge on any atom is -0.481 e. The van der Waals surface area contributed by atoms with E-state index in [0.717, 1.165) is 6.07 Å². The summed E-state index contributed by atoms with van der Waals surface area (Å²) in [6.07, 6.45) is 0. The van der Waals surface area contributed by atoms with Gasteiger partial charge < -0.3 is 19.9 Å². The van der Waals surface area contributed by atoms with Crippen LogP contribution in [-0.2, 0) is 0 Å². The molecule has 0 unspecified atom stereocenters. The van der Waals surface area contributed by atoms with Gasteiger partial charge in [0.2, 0.25) is 11.8 Å². The summed E-state index contributed by atoms with van der Waals surface area (Å²) < 4.78 is 28.4. The number of nitrogen functional groups attached to an aromatic ring is 1. The topological polar surface area (TPSA) is 79.5 Å². The lowest BCUT2D eigenvalue weighted by Crippen LogP contribution is -1.99. The van der Waals surface area contributed by atoms with Crippen LogP contribution >= 0.6 is 0 Å². The third kappa shape index (κ3) is 3.01. The molecular weight excluding hydrogens is 253 g/mol. The monoisotopic (exact) mass is 265 g/mol. The number of hydrogen-bond acceptors (Lipinski definition) is 6. The smallest absolute Gasteiger partial charge is 0.328 e. The van der Waals surface area contributed by atoms with Crippen LogP contribution in [0.5, 0.6) is 23.5 Å². The Labute approximate surface area is 109 Å². The number of nitrogens with zero attached hydrogens (tertiary/aromatic N) is 2. The van der Waals surface area contributed by atoms with Crippen LogP contribution in [0.25, 0.3) is 0 Å². The average molecular weight is 265 g/mol. The van der Waals surface area contributed by atoms with Crippen molar-refractivity contribution >= 4 is 5.69 Å². The van der Waals surface area contributed by atoms with Gasteiger partial charge in [-0.3, -0.25) is 0 Å². The Morgan fingerprint density at radius 2 is 1.68 bits per heavy atom. The zero-order valence-corrected chi connectivity index (χ0v) is 10.4. The molecule has 0 atom stereocenters. The number of aromatic nitrogens is 2. The van der Waals surface area contributed by atoms with E-state index >= 15 is 0 Å². The van der Waals surface area contributed by atoms with Gasteiger partial charge in [-0.25, -0.2) is 4.39 Å². The summed E-state index contributed by atoms with van der Waals surface area (Å²) >= 11 is 0. The molecule has 0 saturated heterocycles. The van der Waals surface area contributed by atoms with Crippen LogP contribution in [-0.4, -0.2) is 24.2 Å². The van der Waals surface area contributed by atoms with Gasteiger partial charge in [-0.15, -0.1) is 0 Å². The van der Waals surface area contributed by atoms with Crippen LogP contribution in [0.15, 0.2) is 24.3 Å². The van der Waals surface area contributed by atoms with Gasteiger partial charge in [0.1, 0.15) is 5.82 Å². The Bertz CT molecular complexity index is 570. The Morgan fingerprint density at radius 3 is 2.26 bits per heavy atom. The van der Waals surface area contributed by atoms with Crippen LogP contribution in [0.3, 0.4) is 0 Å². The number of rotatable bonds is 4. The van der Waals surface area contributed by atoms with Crippen molar-refractivity contribution in [2.24, 2.45) is 0 Å². The van der Waals surface area contributed by atoms with E-state index in [1.165, 1.54) is 32.4 Å². The summed E-state index contributed by atoms with van der Waals surface area (Å²) in [5, 5.41) is 0. The van der Waals surface area contributed by atoms with Crippen LogP contribution < -0.4 is 19.9 Å². The zero-order valence-electron chi connectivity index (χ0n) is 10.4. The Balaban J connectivity index is 2.34. The van der Waals surface area contributed by atoms with Gasteiger partial charge >= 0.3 is 6.01 Å². The first-order chi connectivity index (χ1) is 9.12. The second-order valence-corrected chi connectivity index (χ2v) is 3.52. The minimum atomic E-state index is -0.473. The molecule has 0 amide bonds. The number of hydrogen-bond donors (Lipinski definition) is 1. The predicted octanol–water partition coefficient (Wildman–Crippen LogP) is 2.01. The van der Waals surface area contributed by atoms with Crippen molar-refractivity contribution in [3.8, 4) is 23.5 Å². The molecule has 0 aliphatic carbocycles. The molecule has 2 N–H and O–H groups in total. The van der Waals surface area contributed by atoms with Crippen molar-refractivity contribution in [1.82, 2.24) is 9.97 Å². The molecule has 0 aliphatic rings. The molecule has 6 nitrogen and oxygen atoms in total. The van der Waals surface area contributed by atoms with E-state index in [4.69, 9.17) is 19.9 Å². The zero-order chi connectivity index (χ0) is 13.8. The molecule has 19 heavy (non-hydrogen) atoms. The quantitative estimate of drug-likeness (QED) is 0.852. The summed E-state index contributed by atoms with van der Waals surface area (Å²) in [4.78, 5) is 7.90. The summed E-state index contributed by atoms with van der Waals surface area (Å²) in [6.45, 7) is 0. The molecule has 7 heteroatoms. The van der Waals surface area contributed by atoms with Crippen molar-refractivity contribution in [2.45, 2.75) is 0 Å². The van der Waals surface area contributed by atoms with E-state index in [2.05, 4.69) is 9.97 Å². The molecule has 0 aliphatic heterocycles. The summed E-state index contributed by atoms with van der Waals surface area (Å²) in [5.41, 5.74) is 5.94. The van der Waals surface area contributed by atoms with Crippen molar-refractivity contribution in [1.29, 1.82) is 0 Å². The molecule has 1 heterocycles. The number of anilines is 1. The van der Waals surface area contributed by atoms with Crippen LogP contribution in [0, 0.1) is 5.82 Å². The number of methoxy groups -OCH3 is 2. The largest absolute Gasteiger partial charge is 0.481 e. The van der Waals surface area contributed by atoms with E-state index < -0.39 is 5.82 Å². The molecule has 0 bridgehead atoms. The lowest BCUT2D eigenvalue weighted by atomic mass is 10.3. The third-order valence-corrected chi connectivity index (χ3v) is 2.25. The molecule has 0 fully saturated rings. The first kappa shape index (κ1) is 12.9. The van der Waals surface area contributed by atoms with Gasteiger partial charge in [-0.2, -0.15) is 9.97 Å². The highest BCUT2D eigenvalue weighted by Gasteiger charge is 2.10. The Kier molecular flexibility index (Phi) is 3.65. The van der Waals surface area contributed by atoms with E-state index in [-0.39, 0.29) is 29.2 Å². The SMILES string of the molecule is COc1cc(OC)nc(Oc2cc(F)ccc2N)n1. The molecule has 0 saturated carbocycles. The van der Waals surface area contributed by atoms with Crippen LogP contribution in [0.4, 0.5) is 10.1 Å². The number of ether oxygens (including phenoxy) is 3. The highest BCUT2D eigenvalue weighted by atomic mass is 19.1. The molecule has 2 aromatic rings. The number of benzene rings is 1. The van der Waals surface area contributed by atoms with Gasteiger partial charge in [0.05, 0.1) is 26.0 Å². The summed E-state index contributed by atoms with van der Waals surface area (Å²) in [5.74, 6) is 0.169. The van der Waals surface area contributed by atoms with E-state index in [1.807, 2.05) is 0 Å². The van der Waals surface area contributed by atoms with Crippen LogP contribution in [0.2, 0.25) is 0 Å². The van der Waals surface area contributed by atoms with E-state index in [1.54, 1.807) is 0 Å². The second kappa shape index (κ2) is 5.38. The maximum absolute atomic E-state index is 13.1. The standard InChI is InChI=1S/C12H12FN3O3/c1-17-10-6-11(18-2)16-12(15-10)19-9-5-7(13)3-4-8(9)14/h3-6H,14H2,1-2H3. The van der Waals surface area contributed by atoms with Crippen molar-refractivity contribution in [3.63, 3.8) is 0 Å². The second-order valence-electron chi connectivity index (χ2n) is 3.52. The molecule has 2 rings (SSSR count). The summed E-state index contributed by atoms with van der Waals surface area (Å²) in [7, 11) is 2.89. The van der Waals surface area contributed by atoms with E-state index in [9.17, 15) is 4.39 Å². The molecular formula is C12H12FN3O3. The highest BCUT2D eigenvalue weighted by molar-refractivity contribution is 5.53. The molecule has 100 valence electrons. The Hall–Kier alpha value is -2.57. The average Bonchev–Trinajstić information content (AvgIpc) is 2.42. The van der Waals surface area contributed by atoms with Crippen molar-refractivity contribution in [3.05, 3.63) is 30.1 Å². The van der Waals surface area contributed by atoms with Crippen LogP contribution in [0.1, 0.15) is 0 Å². The first-order valence-electron chi connectivity index (χ1n) is 5.32. The van der Waals surface area contributed by atoms with E-state index in [0.29, 0.717) is 0 Å².